The van der Waals surface area contributed by atoms with Crippen molar-refractivity contribution in [3.63, 3.8) is 0 Å². The second-order valence-electron chi connectivity index (χ2n) is 13.0. The molecule has 37 heavy (non-hydrogen) atoms. The monoisotopic (exact) mass is 515 g/mol. The van der Waals surface area contributed by atoms with Crippen LogP contribution in [0.15, 0.2) is 24.3 Å². The zero-order valence-corrected chi connectivity index (χ0v) is 23.6. The summed E-state index contributed by atoms with van der Waals surface area (Å²) < 4.78 is 6.94. The van der Waals surface area contributed by atoms with Gasteiger partial charge in [0.05, 0.1) is 24.0 Å². The third-order valence-electron chi connectivity index (χ3n) is 8.55. The number of nitrogens with zero attached hydrogens (tertiary/aromatic N) is 3. The summed E-state index contributed by atoms with van der Waals surface area (Å²) in [7, 11) is 0. The van der Waals surface area contributed by atoms with Crippen LogP contribution in [0.25, 0.3) is 0 Å². The molecule has 2 saturated heterocycles. The maximum absolute atomic E-state index is 14.5. The van der Waals surface area contributed by atoms with Gasteiger partial charge in [-0.05, 0) is 38.5 Å². The molecule has 8 nitrogen and oxygen atoms in total. The fraction of sp³-hybridized carbons (Fsp3) is 0.759. The number of carbonyl (C=O) groups excluding carboxylic acids is 3. The molecule has 8 heteroatoms. The second kappa shape index (κ2) is 9.53. The van der Waals surface area contributed by atoms with Gasteiger partial charge in [0, 0.05) is 31.7 Å². The minimum Gasteiger partial charge on any atom is -0.395 e. The summed E-state index contributed by atoms with van der Waals surface area (Å²) >= 11 is 0. The molecule has 206 valence electrons. The van der Waals surface area contributed by atoms with E-state index in [2.05, 4.69) is 34.6 Å². The molecular formula is C29H45N3O5. The normalized spacial score (nSPS) is 34.0. The number of hydrogen-bond acceptors (Lipinski definition) is 5. The minimum absolute atomic E-state index is 0.0143. The van der Waals surface area contributed by atoms with Crippen molar-refractivity contribution in [2.45, 2.75) is 90.5 Å². The number of hydrogen-bond donors (Lipinski definition) is 1. The van der Waals surface area contributed by atoms with E-state index in [-0.39, 0.29) is 36.3 Å². The lowest BCUT2D eigenvalue weighted by molar-refractivity contribution is -0.157. The predicted molar refractivity (Wildman–Crippen MR) is 141 cm³/mol. The van der Waals surface area contributed by atoms with Crippen LogP contribution < -0.4 is 0 Å². The molecule has 0 aliphatic carbocycles. The van der Waals surface area contributed by atoms with Crippen LogP contribution in [0.3, 0.4) is 0 Å². The molecule has 4 aliphatic rings. The van der Waals surface area contributed by atoms with Crippen molar-refractivity contribution in [3.8, 4) is 0 Å². The van der Waals surface area contributed by atoms with E-state index in [9.17, 15) is 19.5 Å². The van der Waals surface area contributed by atoms with E-state index in [1.165, 1.54) is 4.90 Å². The lowest BCUT2D eigenvalue weighted by Crippen LogP contribution is -2.60. The van der Waals surface area contributed by atoms with Crippen molar-refractivity contribution >= 4 is 17.7 Å². The molecule has 0 aromatic carbocycles. The van der Waals surface area contributed by atoms with Crippen LogP contribution in [-0.2, 0) is 19.1 Å². The number of fused-ring (bicyclic) bond motifs is 2. The van der Waals surface area contributed by atoms with Crippen molar-refractivity contribution in [1.82, 2.24) is 14.7 Å². The highest BCUT2D eigenvalue weighted by Crippen LogP contribution is 2.58. The summed E-state index contributed by atoms with van der Waals surface area (Å²) in [5, 5.41) is 9.91. The van der Waals surface area contributed by atoms with Gasteiger partial charge in [0.2, 0.25) is 17.7 Å². The third-order valence-corrected chi connectivity index (χ3v) is 8.55. The molecule has 1 N–H and O–H groups in total. The number of β-amino-alcohol motifs (C(OH)–C–C–N with tert-alkyl or cyclic N) is 1. The summed E-state index contributed by atoms with van der Waals surface area (Å²) in [6.45, 7) is 15.8. The molecule has 4 aliphatic heterocycles. The first-order chi connectivity index (χ1) is 17.3. The molecule has 0 bridgehead atoms. The lowest BCUT2D eigenvalue weighted by Gasteiger charge is -2.45. The highest BCUT2D eigenvalue weighted by atomic mass is 16.5. The average molecular weight is 516 g/mol. The Hall–Kier alpha value is -2.19. The van der Waals surface area contributed by atoms with Crippen LogP contribution >= 0.6 is 0 Å². The summed E-state index contributed by atoms with van der Waals surface area (Å²) in [5.74, 6) is -2.12. The second-order valence-corrected chi connectivity index (χ2v) is 13.0. The Kier molecular flexibility index (Phi) is 7.17. The van der Waals surface area contributed by atoms with Crippen LogP contribution in [0, 0.1) is 17.3 Å². The first-order valence-electron chi connectivity index (χ1n) is 13.9. The van der Waals surface area contributed by atoms with E-state index < -0.39 is 34.6 Å². The Morgan fingerprint density at radius 1 is 0.946 bits per heavy atom. The smallest absolute Gasteiger partial charge is 0.249 e. The SMILES string of the molecule is CCCN1CC=C[C@@]2(CC)O[C@]34C=CCN(C(C)(C)CC(C)(C)C)C(=O)C3N(CCO)C(=O)[C@@H]4[C@H]2C1=O. The molecule has 2 fully saturated rings. The first-order valence-corrected chi connectivity index (χ1v) is 13.9. The number of ether oxygens (including phenoxy) is 1. The number of rotatable bonds is 7. The Morgan fingerprint density at radius 2 is 1.62 bits per heavy atom. The van der Waals surface area contributed by atoms with E-state index in [0.29, 0.717) is 26.1 Å². The van der Waals surface area contributed by atoms with Crippen molar-refractivity contribution in [2.24, 2.45) is 17.3 Å². The fourth-order valence-electron chi connectivity index (χ4n) is 7.57. The molecule has 0 aromatic heterocycles. The molecule has 4 heterocycles. The van der Waals surface area contributed by atoms with Crippen LogP contribution in [-0.4, -0.2) is 93.1 Å². The molecule has 3 amide bonds. The zero-order valence-electron chi connectivity index (χ0n) is 23.6. The number of aliphatic hydroxyl groups is 1. The van der Waals surface area contributed by atoms with Gasteiger partial charge in [0.25, 0.3) is 0 Å². The quantitative estimate of drug-likeness (QED) is 0.527. The highest BCUT2D eigenvalue weighted by molar-refractivity contribution is 6.00. The number of amides is 3. The van der Waals surface area contributed by atoms with Crippen molar-refractivity contribution in [1.29, 1.82) is 0 Å². The van der Waals surface area contributed by atoms with E-state index >= 15 is 0 Å². The average Bonchev–Trinajstić information content (AvgIpc) is 3.07. The number of aliphatic hydroxyl groups excluding tert-OH is 1. The third kappa shape index (κ3) is 4.34. The van der Waals surface area contributed by atoms with E-state index in [4.69, 9.17) is 4.74 Å². The summed E-state index contributed by atoms with van der Waals surface area (Å²) in [4.78, 5) is 47.8. The van der Waals surface area contributed by atoms with Gasteiger partial charge in [-0.15, -0.1) is 0 Å². The molecule has 4 rings (SSSR count). The maximum Gasteiger partial charge on any atom is 0.249 e. The van der Waals surface area contributed by atoms with Crippen LogP contribution in [0.1, 0.15) is 67.7 Å². The van der Waals surface area contributed by atoms with Crippen LogP contribution in [0.2, 0.25) is 0 Å². The zero-order chi connectivity index (χ0) is 27.4. The van der Waals surface area contributed by atoms with Crippen LogP contribution in [0.4, 0.5) is 0 Å². The van der Waals surface area contributed by atoms with Crippen molar-refractivity contribution < 1.29 is 24.2 Å². The van der Waals surface area contributed by atoms with Crippen molar-refractivity contribution in [3.05, 3.63) is 24.3 Å². The van der Waals surface area contributed by atoms with Gasteiger partial charge in [0.15, 0.2) is 0 Å². The summed E-state index contributed by atoms with van der Waals surface area (Å²) in [6.07, 6.45) is 9.86. The van der Waals surface area contributed by atoms with Gasteiger partial charge in [-0.3, -0.25) is 14.4 Å². The van der Waals surface area contributed by atoms with E-state index in [0.717, 1.165) is 12.8 Å². The summed E-state index contributed by atoms with van der Waals surface area (Å²) in [5.41, 5.74) is -2.73. The van der Waals surface area contributed by atoms with Gasteiger partial charge in [-0.25, -0.2) is 0 Å². The number of likely N-dealkylation sites (tertiary alicyclic amines) is 1. The Balaban J connectivity index is 1.85. The highest BCUT2D eigenvalue weighted by Gasteiger charge is 2.75. The Bertz CT molecular complexity index is 998. The van der Waals surface area contributed by atoms with Gasteiger partial charge >= 0.3 is 0 Å². The van der Waals surface area contributed by atoms with E-state index in [1.807, 2.05) is 43.1 Å². The fourth-order valence-corrected chi connectivity index (χ4v) is 7.57. The summed E-state index contributed by atoms with van der Waals surface area (Å²) in [6, 6.07) is -0.939. The van der Waals surface area contributed by atoms with Crippen molar-refractivity contribution in [2.75, 3.05) is 32.8 Å². The molecule has 5 atom stereocenters. The molecule has 0 saturated carbocycles. The standard InChI is InChI=1S/C29H45N3O5/c1-8-14-30-15-10-12-28(9-2)20(23(30)34)21-24(35)31(17-18-33)22-25(36)32(16-11-13-29(21,22)37-28)27(6,7)19-26(3,4)5/h10-13,20-22,33H,8-9,14-19H2,1-7H3/t20-,21-,22?,28+,29-/m0/s1. The lowest BCUT2D eigenvalue weighted by atomic mass is 9.72. The molecular weight excluding hydrogens is 470 g/mol. The molecule has 0 aromatic rings. The van der Waals surface area contributed by atoms with Gasteiger partial charge < -0.3 is 24.5 Å². The molecule has 1 spiro atoms. The van der Waals surface area contributed by atoms with E-state index in [1.54, 1.807) is 4.90 Å². The maximum atomic E-state index is 14.5. The van der Waals surface area contributed by atoms with Crippen LogP contribution in [0.5, 0.6) is 0 Å². The topological polar surface area (TPSA) is 90.4 Å². The molecule has 0 radical (unpaired) electrons. The number of carbonyl (C=O) groups is 3. The first kappa shape index (κ1) is 27.8. The molecule has 1 unspecified atom stereocenters. The van der Waals surface area contributed by atoms with Gasteiger partial charge in [0.1, 0.15) is 11.6 Å². The predicted octanol–water partition coefficient (Wildman–Crippen LogP) is 2.76. The van der Waals surface area contributed by atoms with Gasteiger partial charge in [-0.2, -0.15) is 0 Å². The Morgan fingerprint density at radius 3 is 2.22 bits per heavy atom. The minimum atomic E-state index is -1.27. The van der Waals surface area contributed by atoms with Gasteiger partial charge in [-0.1, -0.05) is 58.9 Å². The Labute approximate surface area is 221 Å². The largest absolute Gasteiger partial charge is 0.395 e.